The zero-order chi connectivity index (χ0) is 16.2. The predicted molar refractivity (Wildman–Crippen MR) is 93.3 cm³/mol. The van der Waals surface area contributed by atoms with E-state index in [0.29, 0.717) is 24.7 Å². The van der Waals surface area contributed by atoms with Gasteiger partial charge in [-0.1, -0.05) is 28.9 Å². The number of hydrogen-bond acceptors (Lipinski definition) is 4. The molecule has 1 aromatic carbocycles. The molecule has 3 aliphatic rings. The summed E-state index contributed by atoms with van der Waals surface area (Å²) in [6.07, 6.45) is 4.66. The van der Waals surface area contributed by atoms with Gasteiger partial charge in [-0.3, -0.25) is 0 Å². The number of benzene rings is 1. The molecule has 1 heterocycles. The largest absolute Gasteiger partial charge is 0.462 e. The van der Waals surface area contributed by atoms with Gasteiger partial charge < -0.3 is 15.2 Å². The monoisotopic (exact) mass is 378 g/mol. The molecule has 4 rings (SSSR count). The summed E-state index contributed by atoms with van der Waals surface area (Å²) in [6, 6.07) is 6.90. The van der Waals surface area contributed by atoms with Gasteiger partial charge in [0.2, 0.25) is 0 Å². The van der Waals surface area contributed by atoms with E-state index in [9.17, 15) is 0 Å². The Kier molecular flexibility index (Phi) is 3.50. The number of nitrogens with zero attached hydrogens (tertiary/aromatic N) is 1. The van der Waals surface area contributed by atoms with E-state index < -0.39 is 0 Å². The second-order valence-electron chi connectivity index (χ2n) is 7.35. The SMILES string of the molecule is CO[C@@H]1CC[C@]2(Cc3ccc(Br)cc3[C@@]23COC(N)=N3)CC1C. The normalized spacial score (nSPS) is 38.7. The fourth-order valence-corrected chi connectivity index (χ4v) is 5.53. The Bertz CT molecular complexity index is 677. The van der Waals surface area contributed by atoms with Gasteiger partial charge in [0, 0.05) is 17.0 Å². The van der Waals surface area contributed by atoms with Crippen molar-refractivity contribution in [2.45, 2.75) is 44.2 Å². The lowest BCUT2D eigenvalue weighted by Crippen LogP contribution is -2.48. The molecule has 0 saturated heterocycles. The van der Waals surface area contributed by atoms with Crippen LogP contribution in [0.4, 0.5) is 0 Å². The van der Waals surface area contributed by atoms with Crippen molar-refractivity contribution in [2.75, 3.05) is 13.7 Å². The molecule has 124 valence electrons. The van der Waals surface area contributed by atoms with Crippen molar-refractivity contribution in [1.82, 2.24) is 0 Å². The average molecular weight is 379 g/mol. The Labute approximate surface area is 145 Å². The van der Waals surface area contributed by atoms with Crippen LogP contribution in [0.1, 0.15) is 37.3 Å². The fourth-order valence-electron chi connectivity index (χ4n) is 5.16. The Morgan fingerprint density at radius 1 is 1.43 bits per heavy atom. The van der Waals surface area contributed by atoms with Gasteiger partial charge in [0.1, 0.15) is 12.1 Å². The summed E-state index contributed by atoms with van der Waals surface area (Å²) in [5.41, 5.74) is 8.39. The number of hydrogen-bond donors (Lipinski definition) is 1. The van der Waals surface area contributed by atoms with Crippen LogP contribution in [-0.2, 0) is 21.4 Å². The van der Waals surface area contributed by atoms with Gasteiger partial charge in [0.25, 0.3) is 6.02 Å². The second-order valence-corrected chi connectivity index (χ2v) is 8.27. The first kappa shape index (κ1) is 15.5. The summed E-state index contributed by atoms with van der Waals surface area (Å²) in [5.74, 6) is 0.514. The van der Waals surface area contributed by atoms with Crippen LogP contribution in [0.2, 0.25) is 0 Å². The maximum absolute atomic E-state index is 5.95. The van der Waals surface area contributed by atoms with Crippen molar-refractivity contribution in [2.24, 2.45) is 22.1 Å². The summed E-state index contributed by atoms with van der Waals surface area (Å²) in [4.78, 5) is 4.87. The van der Waals surface area contributed by atoms with Crippen molar-refractivity contribution < 1.29 is 9.47 Å². The molecule has 4 nitrogen and oxygen atoms in total. The van der Waals surface area contributed by atoms with Gasteiger partial charge in [-0.15, -0.1) is 0 Å². The Morgan fingerprint density at radius 3 is 2.91 bits per heavy atom. The van der Waals surface area contributed by atoms with Crippen LogP contribution < -0.4 is 5.73 Å². The third-order valence-corrected chi connectivity index (χ3v) is 6.70. The summed E-state index contributed by atoms with van der Waals surface area (Å²) in [7, 11) is 1.82. The highest BCUT2D eigenvalue weighted by molar-refractivity contribution is 9.10. The van der Waals surface area contributed by atoms with Crippen LogP contribution in [0, 0.1) is 11.3 Å². The van der Waals surface area contributed by atoms with Crippen molar-refractivity contribution in [1.29, 1.82) is 0 Å². The molecule has 0 radical (unpaired) electrons. The number of halogens is 1. The lowest BCUT2D eigenvalue weighted by atomic mass is 9.59. The molecule has 1 aliphatic heterocycles. The quantitative estimate of drug-likeness (QED) is 0.814. The Hall–Kier alpha value is -1.07. The second kappa shape index (κ2) is 5.21. The summed E-state index contributed by atoms with van der Waals surface area (Å²) in [6.45, 7) is 2.86. The Balaban J connectivity index is 1.83. The number of amidine groups is 1. The molecule has 1 aromatic rings. The third kappa shape index (κ3) is 2.09. The van der Waals surface area contributed by atoms with Crippen LogP contribution in [0.5, 0.6) is 0 Å². The molecule has 4 atom stereocenters. The highest BCUT2D eigenvalue weighted by Gasteiger charge is 2.62. The van der Waals surface area contributed by atoms with Crippen molar-refractivity contribution >= 4 is 22.0 Å². The topological polar surface area (TPSA) is 56.8 Å². The number of aliphatic imine (C=N–C) groups is 1. The van der Waals surface area contributed by atoms with E-state index in [1.54, 1.807) is 0 Å². The molecule has 2 N–H and O–H groups in total. The number of nitrogens with two attached hydrogens (primary N) is 1. The maximum atomic E-state index is 5.95. The highest BCUT2D eigenvalue weighted by Crippen LogP contribution is 2.62. The zero-order valence-electron chi connectivity index (χ0n) is 13.6. The first-order valence-corrected chi connectivity index (χ1v) is 9.09. The molecule has 0 bridgehead atoms. The van der Waals surface area contributed by atoms with Crippen LogP contribution >= 0.6 is 15.9 Å². The van der Waals surface area contributed by atoms with Crippen molar-refractivity contribution in [3.8, 4) is 0 Å². The van der Waals surface area contributed by atoms with E-state index in [1.165, 1.54) is 11.1 Å². The maximum Gasteiger partial charge on any atom is 0.283 e. The molecule has 0 aromatic heterocycles. The number of ether oxygens (including phenoxy) is 2. The zero-order valence-corrected chi connectivity index (χ0v) is 15.2. The average Bonchev–Trinajstić information content (AvgIpc) is 3.02. The van der Waals surface area contributed by atoms with E-state index in [4.69, 9.17) is 20.2 Å². The van der Waals surface area contributed by atoms with Crippen molar-refractivity contribution in [3.63, 3.8) is 0 Å². The van der Waals surface area contributed by atoms with E-state index >= 15 is 0 Å². The van der Waals surface area contributed by atoms with Crippen LogP contribution in [0.25, 0.3) is 0 Å². The van der Waals surface area contributed by atoms with E-state index in [-0.39, 0.29) is 11.0 Å². The minimum atomic E-state index is -0.330. The first-order chi connectivity index (χ1) is 11.0. The van der Waals surface area contributed by atoms with Gasteiger partial charge in [-0.2, -0.15) is 0 Å². The molecule has 0 amide bonds. The number of rotatable bonds is 1. The van der Waals surface area contributed by atoms with E-state index in [1.807, 2.05) is 7.11 Å². The molecule has 5 heteroatoms. The molecule has 1 fully saturated rings. The minimum absolute atomic E-state index is 0.0890. The summed E-state index contributed by atoms with van der Waals surface area (Å²) in [5, 5.41) is 0. The molecule has 1 unspecified atom stereocenters. The first-order valence-electron chi connectivity index (χ1n) is 8.29. The van der Waals surface area contributed by atoms with Gasteiger partial charge in [-0.05, 0) is 54.9 Å². The molecule has 1 saturated carbocycles. The van der Waals surface area contributed by atoms with E-state index in [0.717, 1.165) is 30.2 Å². The molecule has 23 heavy (non-hydrogen) atoms. The van der Waals surface area contributed by atoms with Gasteiger partial charge in [0.15, 0.2) is 0 Å². The van der Waals surface area contributed by atoms with Gasteiger partial charge in [0.05, 0.1) is 6.10 Å². The van der Waals surface area contributed by atoms with Crippen LogP contribution in [0.15, 0.2) is 27.7 Å². The third-order valence-electron chi connectivity index (χ3n) is 6.21. The molecular weight excluding hydrogens is 356 g/mol. The smallest absolute Gasteiger partial charge is 0.283 e. The summed E-state index contributed by atoms with van der Waals surface area (Å²) < 4.78 is 12.4. The van der Waals surface area contributed by atoms with Gasteiger partial charge >= 0.3 is 0 Å². The summed E-state index contributed by atoms with van der Waals surface area (Å²) >= 11 is 3.61. The number of fused-ring (bicyclic) bond motifs is 3. The van der Waals surface area contributed by atoms with Crippen molar-refractivity contribution in [3.05, 3.63) is 33.8 Å². The lowest BCUT2D eigenvalue weighted by Gasteiger charge is -2.47. The number of methoxy groups -OCH3 is 1. The van der Waals surface area contributed by atoms with Gasteiger partial charge in [-0.25, -0.2) is 4.99 Å². The van der Waals surface area contributed by atoms with Crippen LogP contribution in [0.3, 0.4) is 0 Å². The predicted octanol–water partition coefficient (Wildman–Crippen LogP) is 3.37. The molecule has 2 aliphatic carbocycles. The standard InChI is InChI=1S/C18H23BrN2O2/c1-11-8-17(6-5-15(11)22-2)9-12-3-4-13(19)7-14(12)18(17)10-23-16(20)21-18/h3-4,7,11,15H,5-6,8-10H2,1-2H3,(H2,20,21)/t11?,15-,17-,18+/m1/s1. The fraction of sp³-hybridized carbons (Fsp3) is 0.611. The van der Waals surface area contributed by atoms with Crippen LogP contribution in [-0.4, -0.2) is 25.8 Å². The molecule has 2 spiro atoms. The lowest BCUT2D eigenvalue weighted by molar-refractivity contribution is -0.0445. The van der Waals surface area contributed by atoms with E-state index in [2.05, 4.69) is 41.1 Å². The highest BCUT2D eigenvalue weighted by atomic mass is 79.9. The minimum Gasteiger partial charge on any atom is -0.462 e. The molecular formula is C18H23BrN2O2. The Morgan fingerprint density at radius 2 is 2.26 bits per heavy atom.